The molecule has 0 spiro atoms. The second-order valence-electron chi connectivity index (χ2n) is 4.54. The SMILES string of the molecule is Cc1ccc(S(=O)(=O)Cc2ccc(Br)cc2Cl)c(N)c1. The Kier molecular flexibility index (Phi) is 4.42. The van der Waals surface area contributed by atoms with Gasteiger partial charge in [0, 0.05) is 9.50 Å². The Hall–Kier alpha value is -1.04. The van der Waals surface area contributed by atoms with Gasteiger partial charge < -0.3 is 5.73 Å². The minimum absolute atomic E-state index is 0.141. The van der Waals surface area contributed by atoms with Crippen molar-refractivity contribution in [3.63, 3.8) is 0 Å². The van der Waals surface area contributed by atoms with Gasteiger partial charge in [0.05, 0.1) is 16.3 Å². The summed E-state index contributed by atoms with van der Waals surface area (Å²) in [4.78, 5) is 0.141. The fourth-order valence-corrected chi connectivity index (χ4v) is 4.20. The van der Waals surface area contributed by atoms with Crippen LogP contribution in [0.3, 0.4) is 0 Å². The van der Waals surface area contributed by atoms with E-state index in [-0.39, 0.29) is 16.3 Å². The third-order valence-corrected chi connectivity index (χ3v) is 5.44. The van der Waals surface area contributed by atoms with E-state index in [4.69, 9.17) is 17.3 Å². The van der Waals surface area contributed by atoms with Gasteiger partial charge in [0.2, 0.25) is 0 Å². The highest BCUT2D eigenvalue weighted by Crippen LogP contribution is 2.28. The summed E-state index contributed by atoms with van der Waals surface area (Å²) in [5.41, 5.74) is 7.54. The number of sulfone groups is 1. The van der Waals surface area contributed by atoms with Crippen LogP contribution in [0, 0.1) is 6.92 Å². The summed E-state index contributed by atoms with van der Waals surface area (Å²) in [6.07, 6.45) is 0. The van der Waals surface area contributed by atoms with Crippen LogP contribution < -0.4 is 5.73 Å². The monoisotopic (exact) mass is 373 g/mol. The van der Waals surface area contributed by atoms with Gasteiger partial charge in [-0.15, -0.1) is 0 Å². The van der Waals surface area contributed by atoms with Gasteiger partial charge in [-0.3, -0.25) is 0 Å². The third-order valence-electron chi connectivity index (χ3n) is 2.86. The Balaban J connectivity index is 2.41. The average Bonchev–Trinajstić information content (AvgIpc) is 2.32. The fraction of sp³-hybridized carbons (Fsp3) is 0.143. The van der Waals surface area contributed by atoms with Crippen LogP contribution >= 0.6 is 27.5 Å². The van der Waals surface area contributed by atoms with Crippen LogP contribution in [-0.2, 0) is 15.6 Å². The van der Waals surface area contributed by atoms with Crippen molar-refractivity contribution < 1.29 is 8.42 Å². The average molecular weight is 375 g/mol. The Morgan fingerprint density at radius 3 is 2.50 bits per heavy atom. The van der Waals surface area contributed by atoms with E-state index in [1.54, 1.807) is 30.3 Å². The van der Waals surface area contributed by atoms with Gasteiger partial charge in [0.15, 0.2) is 9.84 Å². The summed E-state index contributed by atoms with van der Waals surface area (Å²) in [7, 11) is -3.52. The second kappa shape index (κ2) is 5.76. The van der Waals surface area contributed by atoms with Crippen molar-refractivity contribution in [2.75, 3.05) is 5.73 Å². The highest BCUT2D eigenvalue weighted by molar-refractivity contribution is 9.10. The zero-order chi connectivity index (χ0) is 14.9. The standard InChI is InChI=1S/C14H13BrClNO2S/c1-9-2-5-14(13(17)6-9)20(18,19)8-10-3-4-11(15)7-12(10)16/h2-7H,8,17H2,1H3. The van der Waals surface area contributed by atoms with Crippen molar-refractivity contribution in [3.8, 4) is 0 Å². The van der Waals surface area contributed by atoms with Gasteiger partial charge in [-0.25, -0.2) is 8.42 Å². The van der Waals surface area contributed by atoms with E-state index < -0.39 is 9.84 Å². The lowest BCUT2D eigenvalue weighted by Crippen LogP contribution is -2.08. The summed E-state index contributed by atoms with van der Waals surface area (Å²) < 4.78 is 25.6. The molecule has 0 aliphatic carbocycles. The molecule has 20 heavy (non-hydrogen) atoms. The molecule has 3 nitrogen and oxygen atoms in total. The molecule has 106 valence electrons. The lowest BCUT2D eigenvalue weighted by molar-refractivity contribution is 0.595. The van der Waals surface area contributed by atoms with E-state index in [9.17, 15) is 8.42 Å². The summed E-state index contributed by atoms with van der Waals surface area (Å²) >= 11 is 9.35. The number of benzene rings is 2. The first-order valence-corrected chi connectivity index (χ1v) is 8.65. The molecule has 0 radical (unpaired) electrons. The largest absolute Gasteiger partial charge is 0.398 e. The number of aryl methyl sites for hydroxylation is 1. The first-order valence-electron chi connectivity index (χ1n) is 5.82. The lowest BCUT2D eigenvalue weighted by atomic mass is 10.2. The molecule has 0 saturated carbocycles. The molecule has 2 rings (SSSR count). The maximum Gasteiger partial charge on any atom is 0.184 e. The normalized spacial score (nSPS) is 11.6. The van der Waals surface area contributed by atoms with Crippen LogP contribution in [0.2, 0.25) is 5.02 Å². The van der Waals surface area contributed by atoms with E-state index in [2.05, 4.69) is 15.9 Å². The predicted molar refractivity (Wildman–Crippen MR) is 85.6 cm³/mol. The molecule has 0 bridgehead atoms. The van der Waals surface area contributed by atoms with Gasteiger partial charge in [-0.05, 0) is 42.3 Å². The van der Waals surface area contributed by atoms with Crippen molar-refractivity contribution in [2.24, 2.45) is 0 Å². The number of halogens is 2. The van der Waals surface area contributed by atoms with Crippen molar-refractivity contribution in [1.82, 2.24) is 0 Å². The Morgan fingerprint density at radius 1 is 1.20 bits per heavy atom. The molecule has 2 aromatic rings. The van der Waals surface area contributed by atoms with Crippen molar-refractivity contribution in [1.29, 1.82) is 0 Å². The summed E-state index contributed by atoms with van der Waals surface area (Å²) in [6, 6.07) is 10.0. The van der Waals surface area contributed by atoms with Crippen LogP contribution in [0.4, 0.5) is 5.69 Å². The summed E-state index contributed by atoms with van der Waals surface area (Å²) in [5.74, 6) is -0.174. The van der Waals surface area contributed by atoms with E-state index >= 15 is 0 Å². The molecule has 0 heterocycles. The Morgan fingerprint density at radius 2 is 1.90 bits per heavy atom. The maximum atomic E-state index is 12.4. The molecule has 0 aliphatic rings. The van der Waals surface area contributed by atoms with Gasteiger partial charge in [0.25, 0.3) is 0 Å². The third kappa shape index (κ3) is 3.34. The Labute approximate surface area is 131 Å². The Bertz CT molecular complexity index is 760. The first-order chi connectivity index (χ1) is 9.29. The van der Waals surface area contributed by atoms with Crippen molar-refractivity contribution in [2.45, 2.75) is 17.6 Å². The summed E-state index contributed by atoms with van der Waals surface area (Å²) in [5, 5.41) is 0.411. The van der Waals surface area contributed by atoms with E-state index in [1.807, 2.05) is 6.92 Å². The van der Waals surface area contributed by atoms with E-state index in [0.717, 1.165) is 10.0 Å². The zero-order valence-electron chi connectivity index (χ0n) is 10.7. The van der Waals surface area contributed by atoms with Crippen molar-refractivity contribution in [3.05, 3.63) is 57.0 Å². The van der Waals surface area contributed by atoms with Crippen LogP contribution in [0.1, 0.15) is 11.1 Å². The van der Waals surface area contributed by atoms with Crippen LogP contribution in [0.5, 0.6) is 0 Å². The maximum absolute atomic E-state index is 12.4. The number of hydrogen-bond donors (Lipinski definition) is 1. The number of nitrogens with two attached hydrogens (primary N) is 1. The topological polar surface area (TPSA) is 60.2 Å². The lowest BCUT2D eigenvalue weighted by Gasteiger charge is -2.09. The molecular weight excluding hydrogens is 362 g/mol. The molecule has 0 fully saturated rings. The number of rotatable bonds is 3. The smallest absolute Gasteiger partial charge is 0.184 e. The molecule has 0 aromatic heterocycles. The molecule has 0 saturated heterocycles. The zero-order valence-corrected chi connectivity index (χ0v) is 13.9. The predicted octanol–water partition coefficient (Wildman–Crippen LogP) is 3.97. The van der Waals surface area contributed by atoms with E-state index in [0.29, 0.717) is 10.6 Å². The minimum atomic E-state index is -3.52. The first kappa shape index (κ1) is 15.4. The highest BCUT2D eigenvalue weighted by Gasteiger charge is 2.19. The molecule has 2 aromatic carbocycles. The summed E-state index contributed by atoms with van der Waals surface area (Å²) in [6.45, 7) is 1.86. The van der Waals surface area contributed by atoms with Crippen molar-refractivity contribution >= 4 is 43.1 Å². The van der Waals surface area contributed by atoms with Crippen LogP contribution in [0.15, 0.2) is 45.8 Å². The van der Waals surface area contributed by atoms with Crippen LogP contribution in [-0.4, -0.2) is 8.42 Å². The number of hydrogen-bond acceptors (Lipinski definition) is 3. The van der Waals surface area contributed by atoms with Gasteiger partial charge in [0.1, 0.15) is 0 Å². The number of nitrogen functional groups attached to an aromatic ring is 1. The molecule has 0 amide bonds. The van der Waals surface area contributed by atoms with Gasteiger partial charge in [-0.2, -0.15) is 0 Å². The minimum Gasteiger partial charge on any atom is -0.398 e. The molecular formula is C14H13BrClNO2S. The van der Waals surface area contributed by atoms with Crippen LogP contribution in [0.25, 0.3) is 0 Å². The van der Waals surface area contributed by atoms with Gasteiger partial charge >= 0.3 is 0 Å². The molecule has 0 aliphatic heterocycles. The quantitative estimate of drug-likeness (QED) is 0.827. The molecule has 6 heteroatoms. The second-order valence-corrected chi connectivity index (χ2v) is 7.82. The van der Waals surface area contributed by atoms with Gasteiger partial charge in [-0.1, -0.05) is 39.7 Å². The van der Waals surface area contributed by atoms with E-state index in [1.165, 1.54) is 6.07 Å². The number of anilines is 1. The molecule has 0 unspecified atom stereocenters. The molecule has 2 N–H and O–H groups in total. The highest BCUT2D eigenvalue weighted by atomic mass is 79.9. The molecule has 0 atom stereocenters. The fourth-order valence-electron chi connectivity index (χ4n) is 1.87.